The highest BCUT2D eigenvalue weighted by Crippen LogP contribution is 2.25. The highest BCUT2D eigenvalue weighted by Gasteiger charge is 2.21. The second-order valence-electron chi connectivity index (χ2n) is 6.00. The zero-order chi connectivity index (χ0) is 16.2. The van der Waals surface area contributed by atoms with Crippen LogP contribution in [-0.2, 0) is 6.42 Å². The number of hydrogen-bond donors (Lipinski definition) is 1. The number of piperidine rings is 1. The van der Waals surface area contributed by atoms with Crippen LogP contribution in [0.4, 0.5) is 20.5 Å². The van der Waals surface area contributed by atoms with Crippen molar-refractivity contribution in [1.82, 2.24) is 9.97 Å². The van der Waals surface area contributed by atoms with Crippen LogP contribution >= 0.6 is 0 Å². The molecule has 1 atom stereocenters. The summed E-state index contributed by atoms with van der Waals surface area (Å²) in [6, 6.07) is 5.66. The first-order valence-corrected chi connectivity index (χ1v) is 7.89. The number of aryl methyl sites for hydroxylation is 1. The van der Waals surface area contributed by atoms with Gasteiger partial charge in [-0.05, 0) is 49.3 Å². The average molecular weight is 318 g/mol. The van der Waals surface area contributed by atoms with Crippen molar-refractivity contribution < 1.29 is 8.78 Å². The Bertz CT molecular complexity index is 677. The molecule has 1 aromatic heterocycles. The van der Waals surface area contributed by atoms with Gasteiger partial charge in [-0.15, -0.1) is 0 Å². The summed E-state index contributed by atoms with van der Waals surface area (Å²) in [6.45, 7) is 1.82. The van der Waals surface area contributed by atoms with E-state index in [4.69, 9.17) is 5.73 Å². The number of anilines is 2. The lowest BCUT2D eigenvalue weighted by Crippen LogP contribution is -2.36. The Balaban J connectivity index is 1.60. The molecule has 0 saturated carbocycles. The molecule has 1 saturated heterocycles. The zero-order valence-electron chi connectivity index (χ0n) is 12.9. The Kier molecular flexibility index (Phi) is 4.69. The summed E-state index contributed by atoms with van der Waals surface area (Å²) in [5.41, 5.74) is 6.22. The third-order valence-electron chi connectivity index (χ3n) is 4.34. The van der Waals surface area contributed by atoms with Crippen LogP contribution in [-0.4, -0.2) is 23.1 Å². The van der Waals surface area contributed by atoms with Crippen molar-refractivity contribution in [3.05, 3.63) is 47.7 Å². The molecule has 0 aliphatic carbocycles. The minimum atomic E-state index is -0.531. The molecule has 0 radical (unpaired) electrons. The van der Waals surface area contributed by atoms with Gasteiger partial charge in [-0.25, -0.2) is 13.8 Å². The Morgan fingerprint density at radius 2 is 2.13 bits per heavy atom. The minimum Gasteiger partial charge on any atom is -0.368 e. The third kappa shape index (κ3) is 3.94. The molecule has 3 rings (SSSR count). The number of nitrogen functional groups attached to an aromatic ring is 1. The van der Waals surface area contributed by atoms with Gasteiger partial charge >= 0.3 is 0 Å². The fourth-order valence-electron chi connectivity index (χ4n) is 3.13. The molecule has 1 aliphatic rings. The number of halogens is 2. The fourth-order valence-corrected chi connectivity index (χ4v) is 3.13. The molecular weight excluding hydrogens is 298 g/mol. The number of nitrogens with two attached hydrogens (primary N) is 1. The maximum atomic E-state index is 13.7. The largest absolute Gasteiger partial charge is 0.368 e. The second-order valence-corrected chi connectivity index (χ2v) is 6.00. The lowest BCUT2D eigenvalue weighted by atomic mass is 9.91. The SMILES string of the molecule is Nc1nccc(N2CCCC(CCc3ccc(F)cc3F)C2)n1. The summed E-state index contributed by atoms with van der Waals surface area (Å²) in [4.78, 5) is 10.4. The first kappa shape index (κ1) is 15.6. The molecule has 23 heavy (non-hydrogen) atoms. The molecule has 0 spiro atoms. The van der Waals surface area contributed by atoms with Crippen LogP contribution < -0.4 is 10.6 Å². The van der Waals surface area contributed by atoms with Gasteiger partial charge in [-0.2, -0.15) is 4.98 Å². The maximum Gasteiger partial charge on any atom is 0.221 e. The van der Waals surface area contributed by atoms with Gasteiger partial charge in [0.1, 0.15) is 17.5 Å². The molecule has 1 unspecified atom stereocenters. The number of benzene rings is 1. The van der Waals surface area contributed by atoms with E-state index in [0.29, 0.717) is 17.9 Å². The van der Waals surface area contributed by atoms with E-state index in [2.05, 4.69) is 14.9 Å². The zero-order valence-corrected chi connectivity index (χ0v) is 12.9. The summed E-state index contributed by atoms with van der Waals surface area (Å²) < 4.78 is 26.7. The Morgan fingerprint density at radius 3 is 2.91 bits per heavy atom. The first-order valence-electron chi connectivity index (χ1n) is 7.89. The van der Waals surface area contributed by atoms with Gasteiger partial charge in [0.25, 0.3) is 0 Å². The lowest BCUT2D eigenvalue weighted by Gasteiger charge is -2.33. The van der Waals surface area contributed by atoms with Gasteiger partial charge in [0.15, 0.2) is 0 Å². The summed E-state index contributed by atoms with van der Waals surface area (Å²) in [7, 11) is 0. The lowest BCUT2D eigenvalue weighted by molar-refractivity contribution is 0.388. The van der Waals surface area contributed by atoms with Gasteiger partial charge in [0.05, 0.1) is 0 Å². The van der Waals surface area contributed by atoms with Crippen LogP contribution in [0.2, 0.25) is 0 Å². The van der Waals surface area contributed by atoms with E-state index in [1.807, 2.05) is 6.07 Å². The number of aromatic nitrogens is 2. The molecule has 0 bridgehead atoms. The molecule has 1 fully saturated rings. The Morgan fingerprint density at radius 1 is 1.26 bits per heavy atom. The molecule has 122 valence electrons. The minimum absolute atomic E-state index is 0.276. The quantitative estimate of drug-likeness (QED) is 0.940. The molecule has 2 aromatic rings. The van der Waals surface area contributed by atoms with Crippen LogP contribution in [0.3, 0.4) is 0 Å². The summed E-state index contributed by atoms with van der Waals surface area (Å²) in [6.07, 6.45) is 5.34. The van der Waals surface area contributed by atoms with Crippen LogP contribution in [0.5, 0.6) is 0 Å². The molecule has 1 aromatic carbocycles. The standard InChI is InChI=1S/C17H20F2N4/c18-14-6-5-13(15(19)10-14)4-3-12-2-1-9-23(11-12)16-7-8-21-17(20)22-16/h5-8,10,12H,1-4,9,11H2,(H2,20,21,22). The number of nitrogens with zero attached hydrogens (tertiary/aromatic N) is 3. The topological polar surface area (TPSA) is 55.0 Å². The molecule has 6 heteroatoms. The monoisotopic (exact) mass is 318 g/mol. The second kappa shape index (κ2) is 6.89. The molecule has 2 N–H and O–H groups in total. The van der Waals surface area contributed by atoms with E-state index in [-0.39, 0.29) is 5.95 Å². The molecule has 4 nitrogen and oxygen atoms in total. The predicted octanol–water partition coefficient (Wildman–Crippen LogP) is 3.19. The summed E-state index contributed by atoms with van der Waals surface area (Å²) in [5, 5.41) is 0. The van der Waals surface area contributed by atoms with Crippen LogP contribution in [0.1, 0.15) is 24.8 Å². The van der Waals surface area contributed by atoms with Crippen molar-refractivity contribution in [3.8, 4) is 0 Å². The van der Waals surface area contributed by atoms with Crippen molar-refractivity contribution in [1.29, 1.82) is 0 Å². The van der Waals surface area contributed by atoms with Crippen molar-refractivity contribution in [3.63, 3.8) is 0 Å². The maximum absolute atomic E-state index is 13.7. The normalized spacial score (nSPS) is 18.2. The fraction of sp³-hybridized carbons (Fsp3) is 0.412. The van der Waals surface area contributed by atoms with Gasteiger partial charge in [0.2, 0.25) is 5.95 Å². The van der Waals surface area contributed by atoms with E-state index in [1.165, 1.54) is 12.1 Å². The highest BCUT2D eigenvalue weighted by atomic mass is 19.1. The van der Waals surface area contributed by atoms with E-state index in [0.717, 1.165) is 44.2 Å². The summed E-state index contributed by atoms with van der Waals surface area (Å²) in [5.74, 6) is 0.593. The first-order chi connectivity index (χ1) is 11.1. The van der Waals surface area contributed by atoms with Crippen molar-refractivity contribution in [2.75, 3.05) is 23.7 Å². The Labute approximate surface area is 134 Å². The summed E-state index contributed by atoms with van der Waals surface area (Å²) >= 11 is 0. The predicted molar refractivity (Wildman–Crippen MR) is 86.1 cm³/mol. The van der Waals surface area contributed by atoms with E-state index >= 15 is 0 Å². The van der Waals surface area contributed by atoms with Crippen molar-refractivity contribution in [2.24, 2.45) is 5.92 Å². The van der Waals surface area contributed by atoms with E-state index in [1.54, 1.807) is 6.20 Å². The average Bonchev–Trinajstić information content (AvgIpc) is 2.54. The molecule has 1 aliphatic heterocycles. The highest BCUT2D eigenvalue weighted by molar-refractivity contribution is 5.41. The number of rotatable bonds is 4. The van der Waals surface area contributed by atoms with Crippen LogP contribution in [0.15, 0.2) is 30.5 Å². The smallest absolute Gasteiger partial charge is 0.221 e. The van der Waals surface area contributed by atoms with Gasteiger partial charge in [0, 0.05) is 25.4 Å². The van der Waals surface area contributed by atoms with E-state index < -0.39 is 11.6 Å². The Hall–Kier alpha value is -2.24. The number of hydrogen-bond acceptors (Lipinski definition) is 4. The molecule has 2 heterocycles. The molecule has 0 amide bonds. The van der Waals surface area contributed by atoms with Crippen LogP contribution in [0.25, 0.3) is 0 Å². The molecular formula is C17H20F2N4. The van der Waals surface area contributed by atoms with Crippen LogP contribution in [0, 0.1) is 17.6 Å². The van der Waals surface area contributed by atoms with E-state index in [9.17, 15) is 8.78 Å². The van der Waals surface area contributed by atoms with Crippen molar-refractivity contribution >= 4 is 11.8 Å². The van der Waals surface area contributed by atoms with Gasteiger partial charge < -0.3 is 10.6 Å². The third-order valence-corrected chi connectivity index (χ3v) is 4.34. The van der Waals surface area contributed by atoms with Gasteiger partial charge in [-0.1, -0.05) is 6.07 Å². The van der Waals surface area contributed by atoms with Crippen molar-refractivity contribution in [2.45, 2.75) is 25.7 Å². The van der Waals surface area contributed by atoms with Gasteiger partial charge in [-0.3, -0.25) is 0 Å².